The van der Waals surface area contributed by atoms with Crippen molar-refractivity contribution in [2.24, 2.45) is 5.73 Å². The normalized spacial score (nSPS) is 12.6. The lowest BCUT2D eigenvalue weighted by molar-refractivity contribution is 0.641. The van der Waals surface area contributed by atoms with Crippen molar-refractivity contribution in [1.29, 1.82) is 0 Å². The number of hydrogen-bond acceptors (Lipinski definition) is 5. The summed E-state index contributed by atoms with van der Waals surface area (Å²) in [5.41, 5.74) is 7.22. The summed E-state index contributed by atoms with van der Waals surface area (Å²) in [6, 6.07) is 6.09. The highest BCUT2D eigenvalue weighted by Crippen LogP contribution is 2.33. The molecular formula is C13H16ClN3S2. The van der Waals surface area contributed by atoms with Crippen LogP contribution in [0, 0.1) is 6.92 Å². The van der Waals surface area contributed by atoms with Gasteiger partial charge in [-0.3, -0.25) is 0 Å². The maximum atomic E-state index is 6.08. The summed E-state index contributed by atoms with van der Waals surface area (Å²) in [5.74, 6) is 0.813. The molecule has 1 heterocycles. The molecule has 1 unspecified atom stereocenters. The molecule has 1 aromatic carbocycles. The Kier molecular flexibility index (Phi) is 5.21. The van der Waals surface area contributed by atoms with Gasteiger partial charge in [0.15, 0.2) is 4.34 Å². The van der Waals surface area contributed by atoms with Crippen LogP contribution in [0.3, 0.4) is 0 Å². The Bertz CT molecular complexity index is 557. The highest BCUT2D eigenvalue weighted by molar-refractivity contribution is 8.01. The maximum absolute atomic E-state index is 6.08. The van der Waals surface area contributed by atoms with E-state index in [1.807, 2.05) is 25.1 Å². The molecule has 1 atom stereocenters. The number of benzene rings is 1. The van der Waals surface area contributed by atoms with Gasteiger partial charge in [-0.25, -0.2) is 4.98 Å². The number of nitrogens with zero attached hydrogens (tertiary/aromatic N) is 2. The average molecular weight is 314 g/mol. The fourth-order valence-electron chi connectivity index (χ4n) is 1.65. The summed E-state index contributed by atoms with van der Waals surface area (Å²) < 4.78 is 5.15. The zero-order valence-corrected chi connectivity index (χ0v) is 13.3. The monoisotopic (exact) mass is 313 g/mol. The van der Waals surface area contributed by atoms with Crippen molar-refractivity contribution in [3.05, 3.63) is 34.6 Å². The summed E-state index contributed by atoms with van der Waals surface area (Å²) in [5, 5.41) is 0.746. The van der Waals surface area contributed by atoms with Gasteiger partial charge < -0.3 is 5.73 Å². The molecule has 2 N–H and O–H groups in total. The van der Waals surface area contributed by atoms with E-state index in [-0.39, 0.29) is 6.04 Å². The van der Waals surface area contributed by atoms with Gasteiger partial charge in [0.1, 0.15) is 5.82 Å². The zero-order chi connectivity index (χ0) is 13.8. The molecule has 2 aromatic rings. The third kappa shape index (κ3) is 4.18. The van der Waals surface area contributed by atoms with Gasteiger partial charge in [-0.15, -0.1) is 0 Å². The Morgan fingerprint density at radius 1 is 1.47 bits per heavy atom. The van der Waals surface area contributed by atoms with Gasteiger partial charge in [0.2, 0.25) is 0 Å². The lowest BCUT2D eigenvalue weighted by Crippen LogP contribution is -2.21. The van der Waals surface area contributed by atoms with Crippen LogP contribution in [-0.4, -0.2) is 15.4 Å². The SMILES string of the molecule is CCC(N)Cc1cc(Cl)ccc1Sc1nc(C)ns1. The van der Waals surface area contributed by atoms with Crippen LogP contribution in [0.1, 0.15) is 24.7 Å². The zero-order valence-electron chi connectivity index (χ0n) is 10.9. The van der Waals surface area contributed by atoms with E-state index in [0.717, 1.165) is 32.9 Å². The van der Waals surface area contributed by atoms with Gasteiger partial charge in [0.05, 0.1) is 0 Å². The predicted molar refractivity (Wildman–Crippen MR) is 82.2 cm³/mol. The molecule has 102 valence electrons. The average Bonchev–Trinajstić information content (AvgIpc) is 2.78. The molecular weight excluding hydrogens is 298 g/mol. The summed E-state index contributed by atoms with van der Waals surface area (Å²) >= 11 is 9.12. The van der Waals surface area contributed by atoms with Gasteiger partial charge in [-0.05, 0) is 55.1 Å². The molecule has 0 saturated heterocycles. The van der Waals surface area contributed by atoms with E-state index in [1.54, 1.807) is 11.8 Å². The Hall–Kier alpha value is -0.620. The Balaban J connectivity index is 2.23. The third-order valence-corrected chi connectivity index (χ3v) is 4.93. The van der Waals surface area contributed by atoms with E-state index < -0.39 is 0 Å². The van der Waals surface area contributed by atoms with Crippen molar-refractivity contribution in [2.45, 2.75) is 42.0 Å². The van der Waals surface area contributed by atoms with E-state index in [1.165, 1.54) is 17.1 Å². The Morgan fingerprint density at radius 3 is 2.89 bits per heavy atom. The minimum Gasteiger partial charge on any atom is -0.327 e. The quantitative estimate of drug-likeness (QED) is 0.908. The fraction of sp³-hybridized carbons (Fsp3) is 0.385. The van der Waals surface area contributed by atoms with Gasteiger partial charge >= 0.3 is 0 Å². The molecule has 6 heteroatoms. The van der Waals surface area contributed by atoms with Gasteiger partial charge in [0.25, 0.3) is 0 Å². The second kappa shape index (κ2) is 6.70. The molecule has 0 amide bonds. The Labute approximate surface area is 126 Å². The van der Waals surface area contributed by atoms with Crippen LogP contribution in [-0.2, 0) is 6.42 Å². The van der Waals surface area contributed by atoms with Crippen LogP contribution < -0.4 is 5.73 Å². The molecule has 0 radical (unpaired) electrons. The lowest BCUT2D eigenvalue weighted by Gasteiger charge is -2.12. The van der Waals surface area contributed by atoms with Gasteiger partial charge in [-0.2, -0.15) is 4.37 Å². The molecule has 0 saturated carbocycles. The van der Waals surface area contributed by atoms with E-state index in [2.05, 4.69) is 16.3 Å². The smallest absolute Gasteiger partial charge is 0.174 e. The number of aromatic nitrogens is 2. The van der Waals surface area contributed by atoms with Crippen LogP contribution >= 0.6 is 34.9 Å². The minimum atomic E-state index is 0.161. The second-order valence-corrected chi connectivity index (χ2v) is 6.81. The van der Waals surface area contributed by atoms with Crippen molar-refractivity contribution in [3.63, 3.8) is 0 Å². The highest BCUT2D eigenvalue weighted by atomic mass is 35.5. The summed E-state index contributed by atoms with van der Waals surface area (Å²) in [7, 11) is 0. The van der Waals surface area contributed by atoms with E-state index in [0.29, 0.717) is 0 Å². The lowest BCUT2D eigenvalue weighted by atomic mass is 10.0. The van der Waals surface area contributed by atoms with Crippen molar-refractivity contribution >= 4 is 34.9 Å². The van der Waals surface area contributed by atoms with Gasteiger partial charge in [0, 0.05) is 16.0 Å². The van der Waals surface area contributed by atoms with Crippen LogP contribution in [0.4, 0.5) is 0 Å². The summed E-state index contributed by atoms with van der Waals surface area (Å²) in [4.78, 5) is 5.53. The predicted octanol–water partition coefficient (Wildman–Crippen LogP) is 3.93. The van der Waals surface area contributed by atoms with Gasteiger partial charge in [-0.1, -0.05) is 30.3 Å². The molecule has 0 bridgehead atoms. The largest absolute Gasteiger partial charge is 0.327 e. The van der Waals surface area contributed by atoms with E-state index in [4.69, 9.17) is 17.3 Å². The fourth-order valence-corrected chi connectivity index (χ4v) is 3.57. The molecule has 2 rings (SSSR count). The molecule has 0 aliphatic heterocycles. The second-order valence-electron chi connectivity index (χ2n) is 4.33. The van der Waals surface area contributed by atoms with Crippen molar-refractivity contribution < 1.29 is 0 Å². The molecule has 3 nitrogen and oxygen atoms in total. The summed E-state index contributed by atoms with van der Waals surface area (Å²) in [6.45, 7) is 3.99. The molecule has 19 heavy (non-hydrogen) atoms. The first-order valence-corrected chi connectivity index (χ1v) is 8.07. The van der Waals surface area contributed by atoms with Crippen molar-refractivity contribution in [3.8, 4) is 0 Å². The number of halogens is 1. The molecule has 0 aliphatic rings. The number of aryl methyl sites for hydroxylation is 1. The van der Waals surface area contributed by atoms with Crippen LogP contribution in [0.15, 0.2) is 27.4 Å². The van der Waals surface area contributed by atoms with E-state index in [9.17, 15) is 0 Å². The first kappa shape index (κ1) is 14.8. The molecule has 0 spiro atoms. The topological polar surface area (TPSA) is 51.8 Å². The minimum absolute atomic E-state index is 0.161. The van der Waals surface area contributed by atoms with Crippen molar-refractivity contribution in [2.75, 3.05) is 0 Å². The molecule has 0 fully saturated rings. The summed E-state index contributed by atoms with van der Waals surface area (Å²) in [6.07, 6.45) is 1.78. The first-order chi connectivity index (χ1) is 9.08. The van der Waals surface area contributed by atoms with Crippen LogP contribution in [0.25, 0.3) is 0 Å². The van der Waals surface area contributed by atoms with Crippen LogP contribution in [0.2, 0.25) is 5.02 Å². The first-order valence-electron chi connectivity index (χ1n) is 6.10. The maximum Gasteiger partial charge on any atom is 0.174 e. The number of nitrogens with two attached hydrogens (primary N) is 1. The number of hydrogen-bond donors (Lipinski definition) is 1. The molecule has 1 aromatic heterocycles. The standard InChI is InChI=1S/C13H16ClN3S2/c1-3-11(15)7-9-6-10(14)4-5-12(9)18-13-16-8(2)17-19-13/h4-6,11H,3,7,15H2,1-2H3. The number of rotatable bonds is 5. The molecule has 0 aliphatic carbocycles. The van der Waals surface area contributed by atoms with Crippen LogP contribution in [0.5, 0.6) is 0 Å². The van der Waals surface area contributed by atoms with E-state index >= 15 is 0 Å². The highest BCUT2D eigenvalue weighted by Gasteiger charge is 2.11. The Morgan fingerprint density at radius 2 is 2.26 bits per heavy atom. The third-order valence-electron chi connectivity index (χ3n) is 2.74. The van der Waals surface area contributed by atoms with Crippen molar-refractivity contribution in [1.82, 2.24) is 9.36 Å².